The lowest BCUT2D eigenvalue weighted by atomic mass is 10.1. The van der Waals surface area contributed by atoms with E-state index >= 15 is 0 Å². The number of esters is 1. The van der Waals surface area contributed by atoms with E-state index < -0.39 is 24.1 Å². The minimum absolute atomic E-state index is 0.102. The van der Waals surface area contributed by atoms with Gasteiger partial charge in [-0.15, -0.1) is 0 Å². The normalized spacial score (nSPS) is 10.5. The summed E-state index contributed by atoms with van der Waals surface area (Å²) < 4.78 is 46.1. The molecule has 0 aliphatic heterocycles. The Labute approximate surface area is 101 Å². The molecule has 0 spiro atoms. The van der Waals surface area contributed by atoms with E-state index in [1.54, 1.807) is 6.92 Å². The summed E-state index contributed by atoms with van der Waals surface area (Å²) >= 11 is 0. The van der Waals surface area contributed by atoms with Gasteiger partial charge in [0.2, 0.25) is 0 Å². The van der Waals surface area contributed by atoms with E-state index in [4.69, 9.17) is 5.73 Å². The number of carbonyl (C=O) groups is 1. The molecule has 0 amide bonds. The number of nitrogen functional groups attached to an aromatic ring is 1. The fourth-order valence-electron chi connectivity index (χ4n) is 1.35. The van der Waals surface area contributed by atoms with Gasteiger partial charge in [-0.3, -0.25) is 4.79 Å². The van der Waals surface area contributed by atoms with Gasteiger partial charge in [-0.25, -0.2) is 4.39 Å². The molecule has 2 N–H and O–H groups in total. The second kappa shape index (κ2) is 6.13. The number of ether oxygens (including phenoxy) is 2. The summed E-state index contributed by atoms with van der Waals surface area (Å²) in [5.74, 6) is -1.93. The number of nitrogens with two attached hydrogens (primary N) is 1. The lowest BCUT2D eigenvalue weighted by Gasteiger charge is -2.10. The van der Waals surface area contributed by atoms with Crippen LogP contribution in [0, 0.1) is 5.82 Å². The van der Waals surface area contributed by atoms with Crippen LogP contribution in [-0.4, -0.2) is 19.2 Å². The summed E-state index contributed by atoms with van der Waals surface area (Å²) in [7, 11) is 0. The molecule has 4 nitrogen and oxygen atoms in total. The Hall–Kier alpha value is -1.92. The zero-order chi connectivity index (χ0) is 13.7. The van der Waals surface area contributed by atoms with Crippen molar-refractivity contribution in [1.82, 2.24) is 0 Å². The number of hydrogen-bond acceptors (Lipinski definition) is 4. The summed E-state index contributed by atoms with van der Waals surface area (Å²) in [5, 5.41) is 0. The van der Waals surface area contributed by atoms with Gasteiger partial charge in [-0.05, 0) is 6.92 Å². The van der Waals surface area contributed by atoms with Crippen LogP contribution in [0.4, 0.5) is 18.9 Å². The van der Waals surface area contributed by atoms with E-state index in [2.05, 4.69) is 9.47 Å². The maximum Gasteiger partial charge on any atom is 0.387 e. The first-order valence-electron chi connectivity index (χ1n) is 5.12. The van der Waals surface area contributed by atoms with Crippen LogP contribution in [0.3, 0.4) is 0 Å². The average Bonchev–Trinajstić information content (AvgIpc) is 2.23. The molecule has 18 heavy (non-hydrogen) atoms. The molecule has 0 aromatic heterocycles. The lowest BCUT2D eigenvalue weighted by molar-refractivity contribution is -0.142. The summed E-state index contributed by atoms with van der Waals surface area (Å²) in [6.07, 6.45) is -0.361. The monoisotopic (exact) mass is 263 g/mol. The van der Waals surface area contributed by atoms with Crippen molar-refractivity contribution in [2.24, 2.45) is 0 Å². The number of rotatable bonds is 5. The van der Waals surface area contributed by atoms with E-state index in [0.717, 1.165) is 12.1 Å². The van der Waals surface area contributed by atoms with Crippen molar-refractivity contribution in [2.75, 3.05) is 12.3 Å². The minimum atomic E-state index is -3.07. The van der Waals surface area contributed by atoms with Gasteiger partial charge in [0.25, 0.3) is 0 Å². The van der Waals surface area contributed by atoms with Crippen molar-refractivity contribution in [1.29, 1.82) is 0 Å². The van der Waals surface area contributed by atoms with E-state index in [-0.39, 0.29) is 24.3 Å². The molecule has 0 unspecified atom stereocenters. The summed E-state index contributed by atoms with van der Waals surface area (Å²) in [6.45, 7) is -1.30. The van der Waals surface area contributed by atoms with Gasteiger partial charge in [0.15, 0.2) is 0 Å². The molecule has 0 radical (unpaired) electrons. The Balaban J connectivity index is 2.90. The fourth-order valence-corrected chi connectivity index (χ4v) is 1.35. The third kappa shape index (κ3) is 3.83. The van der Waals surface area contributed by atoms with Gasteiger partial charge >= 0.3 is 12.6 Å². The predicted octanol–water partition coefficient (Wildman–Crippen LogP) is 2.11. The molecule has 0 bridgehead atoms. The highest BCUT2D eigenvalue weighted by Crippen LogP contribution is 2.25. The van der Waals surface area contributed by atoms with Crippen LogP contribution >= 0.6 is 0 Å². The number of hydrogen-bond donors (Lipinski definition) is 1. The highest BCUT2D eigenvalue weighted by Gasteiger charge is 2.15. The molecule has 0 aliphatic carbocycles. The zero-order valence-corrected chi connectivity index (χ0v) is 9.58. The molecule has 100 valence electrons. The largest absolute Gasteiger partial charge is 0.466 e. The van der Waals surface area contributed by atoms with Crippen LogP contribution in [0.1, 0.15) is 12.5 Å². The van der Waals surface area contributed by atoms with Crippen molar-refractivity contribution in [3.05, 3.63) is 23.5 Å². The van der Waals surface area contributed by atoms with Gasteiger partial charge in [0.05, 0.1) is 13.0 Å². The smallest absolute Gasteiger partial charge is 0.387 e. The first-order chi connectivity index (χ1) is 8.43. The Morgan fingerprint density at radius 1 is 1.44 bits per heavy atom. The second-order valence-electron chi connectivity index (χ2n) is 3.33. The summed E-state index contributed by atoms with van der Waals surface area (Å²) in [5.41, 5.74) is 5.23. The first kappa shape index (κ1) is 14.1. The lowest BCUT2D eigenvalue weighted by Crippen LogP contribution is -2.11. The Morgan fingerprint density at radius 2 is 2.11 bits per heavy atom. The third-order valence-corrected chi connectivity index (χ3v) is 2.06. The molecule has 0 aliphatic rings. The van der Waals surface area contributed by atoms with E-state index in [0.29, 0.717) is 0 Å². The van der Waals surface area contributed by atoms with Gasteiger partial charge in [0, 0.05) is 23.4 Å². The van der Waals surface area contributed by atoms with Gasteiger partial charge < -0.3 is 15.2 Å². The fraction of sp³-hybridized carbons (Fsp3) is 0.364. The number of anilines is 1. The van der Waals surface area contributed by atoms with Crippen LogP contribution in [0.5, 0.6) is 5.75 Å². The van der Waals surface area contributed by atoms with Crippen molar-refractivity contribution >= 4 is 11.7 Å². The van der Waals surface area contributed by atoms with Crippen molar-refractivity contribution in [3.63, 3.8) is 0 Å². The maximum absolute atomic E-state index is 13.5. The maximum atomic E-state index is 13.5. The van der Waals surface area contributed by atoms with Crippen LogP contribution in [-0.2, 0) is 16.0 Å². The van der Waals surface area contributed by atoms with Crippen LogP contribution < -0.4 is 10.5 Å². The van der Waals surface area contributed by atoms with E-state index in [1.165, 1.54) is 0 Å². The van der Waals surface area contributed by atoms with Gasteiger partial charge in [-0.2, -0.15) is 8.78 Å². The molecule has 7 heteroatoms. The summed E-state index contributed by atoms with van der Waals surface area (Å²) in [4.78, 5) is 11.2. The molecular formula is C11H12F3NO3. The second-order valence-corrected chi connectivity index (χ2v) is 3.33. The number of alkyl halides is 2. The summed E-state index contributed by atoms with van der Waals surface area (Å²) in [6, 6.07) is 1.78. The number of benzene rings is 1. The first-order valence-corrected chi connectivity index (χ1v) is 5.12. The molecular weight excluding hydrogens is 251 g/mol. The average molecular weight is 263 g/mol. The van der Waals surface area contributed by atoms with Gasteiger partial charge in [0.1, 0.15) is 11.6 Å². The topological polar surface area (TPSA) is 61.5 Å². The highest BCUT2D eigenvalue weighted by atomic mass is 19.3. The van der Waals surface area contributed by atoms with E-state index in [9.17, 15) is 18.0 Å². The Morgan fingerprint density at radius 3 is 2.61 bits per heavy atom. The standard InChI is InChI=1S/C11H12F3NO3/c1-2-17-10(16)5-7-8(12)3-6(4-9(7)15)18-11(13)14/h3-4,11H,2,5,15H2,1H3. The molecule has 0 saturated heterocycles. The predicted molar refractivity (Wildman–Crippen MR) is 57.8 cm³/mol. The van der Waals surface area contributed by atoms with Gasteiger partial charge in [-0.1, -0.05) is 0 Å². The molecule has 0 heterocycles. The molecule has 0 atom stereocenters. The Kier molecular flexibility index (Phi) is 4.82. The van der Waals surface area contributed by atoms with Crippen molar-refractivity contribution in [2.45, 2.75) is 20.0 Å². The quantitative estimate of drug-likeness (QED) is 0.653. The number of carbonyl (C=O) groups excluding carboxylic acids is 1. The highest BCUT2D eigenvalue weighted by molar-refractivity contribution is 5.75. The number of halogens is 3. The SMILES string of the molecule is CCOC(=O)Cc1c(N)cc(OC(F)F)cc1F. The van der Waals surface area contributed by atoms with E-state index in [1.807, 2.05) is 0 Å². The molecule has 1 rings (SSSR count). The third-order valence-electron chi connectivity index (χ3n) is 2.06. The molecule has 1 aromatic carbocycles. The van der Waals surface area contributed by atoms with Crippen LogP contribution in [0.15, 0.2) is 12.1 Å². The Bertz CT molecular complexity index is 415. The minimum Gasteiger partial charge on any atom is -0.466 e. The molecule has 0 fully saturated rings. The molecule has 1 aromatic rings. The molecule has 0 saturated carbocycles. The van der Waals surface area contributed by atoms with Crippen LogP contribution in [0.2, 0.25) is 0 Å². The van der Waals surface area contributed by atoms with Crippen LogP contribution in [0.25, 0.3) is 0 Å². The zero-order valence-electron chi connectivity index (χ0n) is 9.58. The van der Waals surface area contributed by atoms with Crippen molar-refractivity contribution in [3.8, 4) is 5.75 Å². The van der Waals surface area contributed by atoms with Crippen molar-refractivity contribution < 1.29 is 27.4 Å².